The van der Waals surface area contributed by atoms with E-state index in [1.807, 2.05) is 0 Å². The summed E-state index contributed by atoms with van der Waals surface area (Å²) >= 11 is 17.8. The largest absolute Gasteiger partial charge is 0.455 e. The number of rotatable bonds is 3. The fourth-order valence-electron chi connectivity index (χ4n) is 1.34. The van der Waals surface area contributed by atoms with Crippen LogP contribution in [-0.4, -0.2) is 0 Å². The van der Waals surface area contributed by atoms with Crippen molar-refractivity contribution in [1.29, 1.82) is 0 Å². The molecular weight excluding hydrogens is 279 g/mol. The van der Waals surface area contributed by atoms with Crippen molar-refractivity contribution in [2.45, 2.75) is 5.88 Å². The van der Waals surface area contributed by atoms with Crippen molar-refractivity contribution >= 4 is 34.8 Å². The van der Waals surface area contributed by atoms with Crippen molar-refractivity contribution in [3.05, 3.63) is 58.1 Å². The molecule has 0 aliphatic rings. The van der Waals surface area contributed by atoms with Gasteiger partial charge in [0.1, 0.15) is 16.5 Å². The third-order valence-electron chi connectivity index (χ3n) is 2.19. The second kappa shape index (κ2) is 5.63. The highest BCUT2D eigenvalue weighted by molar-refractivity contribution is 6.42. The SMILES string of the molecule is ClCc1c[c]ccc1Oc1cccc(Cl)c1Cl. The Morgan fingerprint density at radius 3 is 2.71 bits per heavy atom. The Hall–Kier alpha value is -0.890. The first-order valence-electron chi connectivity index (χ1n) is 4.89. The molecule has 2 rings (SSSR count). The van der Waals surface area contributed by atoms with Gasteiger partial charge in [0.25, 0.3) is 0 Å². The number of hydrogen-bond acceptors (Lipinski definition) is 1. The lowest BCUT2D eigenvalue weighted by Crippen LogP contribution is -1.90. The molecule has 1 radical (unpaired) electrons. The van der Waals surface area contributed by atoms with Crippen molar-refractivity contribution < 1.29 is 4.74 Å². The van der Waals surface area contributed by atoms with Crippen molar-refractivity contribution in [1.82, 2.24) is 0 Å². The van der Waals surface area contributed by atoms with E-state index in [4.69, 9.17) is 39.5 Å². The van der Waals surface area contributed by atoms with Gasteiger partial charge in [0.15, 0.2) is 0 Å². The van der Waals surface area contributed by atoms with Crippen LogP contribution in [0.25, 0.3) is 0 Å². The van der Waals surface area contributed by atoms with Crippen LogP contribution in [-0.2, 0) is 5.88 Å². The van der Waals surface area contributed by atoms with Gasteiger partial charge in [0.05, 0.1) is 10.9 Å². The van der Waals surface area contributed by atoms with Gasteiger partial charge in [0.2, 0.25) is 0 Å². The molecule has 17 heavy (non-hydrogen) atoms. The first-order valence-corrected chi connectivity index (χ1v) is 6.18. The summed E-state index contributed by atoms with van der Waals surface area (Å²) in [5, 5.41) is 0.849. The predicted molar refractivity (Wildman–Crippen MR) is 71.4 cm³/mol. The van der Waals surface area contributed by atoms with Gasteiger partial charge in [-0.05, 0) is 30.3 Å². The highest BCUT2D eigenvalue weighted by Crippen LogP contribution is 2.35. The fraction of sp³-hybridized carbons (Fsp3) is 0.0769. The van der Waals surface area contributed by atoms with Gasteiger partial charge in [-0.15, -0.1) is 11.6 Å². The molecule has 4 heteroatoms. The highest BCUT2D eigenvalue weighted by atomic mass is 35.5. The molecule has 0 saturated heterocycles. The molecule has 0 bridgehead atoms. The Bertz CT molecular complexity index is 526. The molecular formula is C13H8Cl3O. The van der Waals surface area contributed by atoms with Gasteiger partial charge in [-0.25, -0.2) is 0 Å². The van der Waals surface area contributed by atoms with E-state index < -0.39 is 0 Å². The van der Waals surface area contributed by atoms with Crippen molar-refractivity contribution in [3.8, 4) is 11.5 Å². The van der Waals surface area contributed by atoms with Crippen molar-refractivity contribution in [2.75, 3.05) is 0 Å². The number of halogens is 3. The molecule has 2 aromatic rings. The van der Waals surface area contributed by atoms with Gasteiger partial charge in [-0.3, -0.25) is 0 Å². The number of alkyl halides is 1. The smallest absolute Gasteiger partial charge is 0.147 e. The van der Waals surface area contributed by atoms with E-state index in [0.717, 1.165) is 5.56 Å². The van der Waals surface area contributed by atoms with E-state index in [1.54, 1.807) is 36.4 Å². The summed E-state index contributed by atoms with van der Waals surface area (Å²) in [5.74, 6) is 1.52. The zero-order valence-electron chi connectivity index (χ0n) is 8.71. The number of hydrogen-bond donors (Lipinski definition) is 0. The van der Waals surface area contributed by atoms with Gasteiger partial charge in [-0.1, -0.05) is 35.3 Å². The maximum absolute atomic E-state index is 6.04. The third-order valence-corrected chi connectivity index (χ3v) is 3.27. The standard InChI is InChI=1S/C13H8Cl3O/c14-8-9-4-1-2-6-11(9)17-12-7-3-5-10(15)13(12)16/h2-7H,8H2. The second-order valence-electron chi connectivity index (χ2n) is 3.32. The maximum Gasteiger partial charge on any atom is 0.147 e. The summed E-state index contributed by atoms with van der Waals surface area (Å²) in [5.41, 5.74) is 0.852. The van der Waals surface area contributed by atoms with Crippen LogP contribution >= 0.6 is 34.8 Å². The summed E-state index contributed by atoms with van der Waals surface area (Å²) in [7, 11) is 0. The first-order chi connectivity index (χ1) is 8.22. The summed E-state index contributed by atoms with van der Waals surface area (Å²) in [6.45, 7) is 0. The average Bonchev–Trinajstić information content (AvgIpc) is 2.35. The number of benzene rings is 2. The molecule has 2 aromatic carbocycles. The van der Waals surface area contributed by atoms with E-state index in [9.17, 15) is 0 Å². The van der Waals surface area contributed by atoms with E-state index in [2.05, 4.69) is 6.07 Å². The normalized spacial score (nSPS) is 10.3. The minimum Gasteiger partial charge on any atom is -0.455 e. The molecule has 0 saturated carbocycles. The quantitative estimate of drug-likeness (QED) is 0.693. The van der Waals surface area contributed by atoms with Crippen LogP contribution in [0.4, 0.5) is 0 Å². The Labute approximate surface area is 115 Å². The molecule has 0 atom stereocenters. The van der Waals surface area contributed by atoms with Crippen LogP contribution in [0.3, 0.4) is 0 Å². The third kappa shape index (κ3) is 2.86. The molecule has 0 fully saturated rings. The molecule has 0 amide bonds. The van der Waals surface area contributed by atoms with Gasteiger partial charge < -0.3 is 4.74 Å². The highest BCUT2D eigenvalue weighted by Gasteiger charge is 2.08. The summed E-state index contributed by atoms with van der Waals surface area (Å²) in [6, 6.07) is 13.5. The van der Waals surface area contributed by atoms with Crippen LogP contribution < -0.4 is 4.74 Å². The van der Waals surface area contributed by atoms with Gasteiger partial charge in [-0.2, -0.15) is 0 Å². The van der Waals surface area contributed by atoms with Crippen LogP contribution in [0, 0.1) is 6.07 Å². The topological polar surface area (TPSA) is 9.23 Å². The minimum absolute atomic E-state index is 0.352. The van der Waals surface area contributed by atoms with E-state index in [0.29, 0.717) is 27.4 Å². The zero-order valence-corrected chi connectivity index (χ0v) is 11.0. The molecule has 0 unspecified atom stereocenters. The summed E-state index contributed by atoms with van der Waals surface area (Å²) < 4.78 is 5.69. The lowest BCUT2D eigenvalue weighted by atomic mass is 10.2. The molecule has 0 aliphatic heterocycles. The molecule has 1 nitrogen and oxygen atoms in total. The molecule has 0 N–H and O–H groups in total. The van der Waals surface area contributed by atoms with Crippen LogP contribution in [0.1, 0.15) is 5.56 Å². The van der Waals surface area contributed by atoms with Crippen LogP contribution in [0.5, 0.6) is 11.5 Å². The monoisotopic (exact) mass is 285 g/mol. The lowest BCUT2D eigenvalue weighted by molar-refractivity contribution is 0.478. The second-order valence-corrected chi connectivity index (χ2v) is 4.37. The van der Waals surface area contributed by atoms with E-state index >= 15 is 0 Å². The first kappa shape index (κ1) is 12.6. The average molecular weight is 287 g/mol. The number of ether oxygens (including phenoxy) is 1. The summed E-state index contributed by atoms with van der Waals surface area (Å²) in [6.07, 6.45) is 0. The maximum atomic E-state index is 6.04. The van der Waals surface area contributed by atoms with E-state index in [1.165, 1.54) is 0 Å². The van der Waals surface area contributed by atoms with Crippen molar-refractivity contribution in [3.63, 3.8) is 0 Å². The Morgan fingerprint density at radius 1 is 1.12 bits per heavy atom. The Balaban J connectivity index is 2.35. The molecule has 0 aliphatic carbocycles. The molecule has 87 valence electrons. The summed E-state index contributed by atoms with van der Waals surface area (Å²) in [4.78, 5) is 0. The lowest BCUT2D eigenvalue weighted by Gasteiger charge is -2.10. The predicted octanol–water partition coefficient (Wildman–Crippen LogP) is 5.32. The van der Waals surface area contributed by atoms with Crippen molar-refractivity contribution in [2.24, 2.45) is 0 Å². The molecule has 0 spiro atoms. The Morgan fingerprint density at radius 2 is 1.94 bits per heavy atom. The minimum atomic E-state index is 0.352. The van der Waals surface area contributed by atoms with Gasteiger partial charge >= 0.3 is 0 Å². The van der Waals surface area contributed by atoms with E-state index in [-0.39, 0.29) is 0 Å². The van der Waals surface area contributed by atoms with Crippen LogP contribution in [0.2, 0.25) is 10.0 Å². The molecule has 0 aromatic heterocycles. The Kier molecular flexibility index (Phi) is 4.16. The van der Waals surface area contributed by atoms with Gasteiger partial charge in [0, 0.05) is 5.56 Å². The molecule has 0 heterocycles. The van der Waals surface area contributed by atoms with Crippen LogP contribution in [0.15, 0.2) is 36.4 Å². The fourth-order valence-corrected chi connectivity index (χ4v) is 1.88. The zero-order chi connectivity index (χ0) is 12.3.